The van der Waals surface area contributed by atoms with Gasteiger partial charge in [-0.15, -0.1) is 10.2 Å². The van der Waals surface area contributed by atoms with E-state index >= 15 is 0 Å². The SMILES string of the molecule is CC1(C)CN(c2nnc(Br)s2)CCCO1. The average molecular weight is 292 g/mol. The summed E-state index contributed by atoms with van der Waals surface area (Å²) in [4.78, 5) is 2.25. The molecule has 0 saturated carbocycles. The molecule has 1 aliphatic rings. The summed E-state index contributed by atoms with van der Waals surface area (Å²) in [6, 6.07) is 0. The molecular weight excluding hydrogens is 278 g/mol. The highest BCUT2D eigenvalue weighted by Crippen LogP contribution is 2.27. The average Bonchev–Trinajstić information content (AvgIpc) is 2.49. The van der Waals surface area contributed by atoms with Crippen LogP contribution in [0.4, 0.5) is 5.13 Å². The molecular formula is C9H14BrN3OS. The van der Waals surface area contributed by atoms with Gasteiger partial charge >= 0.3 is 0 Å². The minimum Gasteiger partial charge on any atom is -0.374 e. The molecule has 0 radical (unpaired) electrons. The first-order valence-corrected chi connectivity index (χ1v) is 6.56. The molecule has 0 unspecified atom stereocenters. The highest BCUT2D eigenvalue weighted by molar-refractivity contribution is 9.11. The Hall–Kier alpha value is -0.200. The third-order valence-electron chi connectivity index (χ3n) is 2.30. The normalized spacial score (nSPS) is 21.4. The van der Waals surface area contributed by atoms with Crippen molar-refractivity contribution in [1.29, 1.82) is 0 Å². The molecule has 0 aromatic carbocycles. The number of ether oxygens (including phenoxy) is 1. The lowest BCUT2D eigenvalue weighted by Gasteiger charge is -2.28. The van der Waals surface area contributed by atoms with E-state index in [1.165, 1.54) is 0 Å². The van der Waals surface area contributed by atoms with Crippen LogP contribution in [-0.2, 0) is 4.74 Å². The second kappa shape index (κ2) is 4.35. The topological polar surface area (TPSA) is 38.2 Å². The lowest BCUT2D eigenvalue weighted by molar-refractivity contribution is -0.00144. The van der Waals surface area contributed by atoms with E-state index in [1.807, 2.05) is 0 Å². The number of hydrogen-bond donors (Lipinski definition) is 0. The molecule has 0 aliphatic carbocycles. The molecule has 2 heterocycles. The number of aromatic nitrogens is 2. The fourth-order valence-corrected chi connectivity index (χ4v) is 2.79. The zero-order valence-corrected chi connectivity index (χ0v) is 11.3. The standard InChI is InChI=1S/C9H14BrN3OS/c1-9(2)6-13(4-3-5-14-9)8-12-11-7(10)15-8/h3-6H2,1-2H3. The molecule has 84 valence electrons. The van der Waals surface area contributed by atoms with E-state index < -0.39 is 0 Å². The van der Waals surface area contributed by atoms with Gasteiger partial charge in [-0.25, -0.2) is 0 Å². The molecule has 1 fully saturated rings. The molecule has 1 saturated heterocycles. The number of hydrogen-bond acceptors (Lipinski definition) is 5. The highest BCUT2D eigenvalue weighted by Gasteiger charge is 2.27. The molecule has 1 aliphatic heterocycles. The molecule has 0 atom stereocenters. The van der Waals surface area contributed by atoms with Crippen LogP contribution in [-0.4, -0.2) is 35.5 Å². The first kappa shape index (κ1) is 11.3. The van der Waals surface area contributed by atoms with Gasteiger partial charge in [0.1, 0.15) is 0 Å². The number of rotatable bonds is 1. The molecule has 0 amide bonds. The van der Waals surface area contributed by atoms with Crippen molar-refractivity contribution < 1.29 is 4.74 Å². The van der Waals surface area contributed by atoms with E-state index in [4.69, 9.17) is 4.74 Å². The van der Waals surface area contributed by atoms with Gasteiger partial charge in [0.05, 0.1) is 5.60 Å². The summed E-state index contributed by atoms with van der Waals surface area (Å²) in [5.74, 6) is 0. The number of anilines is 1. The van der Waals surface area contributed by atoms with E-state index in [-0.39, 0.29) is 5.60 Å². The van der Waals surface area contributed by atoms with Crippen LogP contribution in [0.25, 0.3) is 0 Å². The Kier molecular flexibility index (Phi) is 3.27. The van der Waals surface area contributed by atoms with Crippen molar-refractivity contribution in [3.8, 4) is 0 Å². The van der Waals surface area contributed by atoms with E-state index in [1.54, 1.807) is 11.3 Å². The van der Waals surface area contributed by atoms with Crippen LogP contribution >= 0.6 is 27.3 Å². The molecule has 0 N–H and O–H groups in total. The molecule has 1 aromatic rings. The van der Waals surface area contributed by atoms with Gasteiger partial charge in [0.2, 0.25) is 5.13 Å². The van der Waals surface area contributed by atoms with E-state index in [0.29, 0.717) is 0 Å². The Morgan fingerprint density at radius 3 is 2.93 bits per heavy atom. The Labute approximate surface area is 102 Å². The Bertz CT molecular complexity index is 342. The zero-order valence-electron chi connectivity index (χ0n) is 8.86. The second-order valence-electron chi connectivity index (χ2n) is 4.22. The maximum Gasteiger partial charge on any atom is 0.209 e. The van der Waals surface area contributed by atoms with Crippen molar-refractivity contribution in [3.05, 3.63) is 3.92 Å². The van der Waals surface area contributed by atoms with Gasteiger partial charge in [0.15, 0.2) is 3.92 Å². The van der Waals surface area contributed by atoms with Crippen LogP contribution in [0.2, 0.25) is 0 Å². The molecule has 0 bridgehead atoms. The minimum absolute atomic E-state index is 0.103. The summed E-state index contributed by atoms with van der Waals surface area (Å²) in [6.45, 7) is 6.91. The van der Waals surface area contributed by atoms with Crippen molar-refractivity contribution in [2.75, 3.05) is 24.6 Å². The third kappa shape index (κ3) is 2.89. The van der Waals surface area contributed by atoms with Crippen LogP contribution in [0.5, 0.6) is 0 Å². The van der Waals surface area contributed by atoms with Crippen LogP contribution in [0.3, 0.4) is 0 Å². The van der Waals surface area contributed by atoms with Crippen LogP contribution in [0.1, 0.15) is 20.3 Å². The molecule has 2 rings (SSSR count). The molecule has 6 heteroatoms. The van der Waals surface area contributed by atoms with E-state index in [0.717, 1.165) is 35.2 Å². The van der Waals surface area contributed by atoms with Crippen molar-refractivity contribution >= 4 is 32.4 Å². The lowest BCUT2D eigenvalue weighted by atomic mass is 10.1. The van der Waals surface area contributed by atoms with Crippen LogP contribution in [0.15, 0.2) is 3.92 Å². The number of halogens is 1. The summed E-state index contributed by atoms with van der Waals surface area (Å²) in [7, 11) is 0. The summed E-state index contributed by atoms with van der Waals surface area (Å²) in [6.07, 6.45) is 1.04. The maximum absolute atomic E-state index is 5.75. The van der Waals surface area contributed by atoms with E-state index in [9.17, 15) is 0 Å². The maximum atomic E-state index is 5.75. The van der Waals surface area contributed by atoms with Gasteiger partial charge in [-0.2, -0.15) is 0 Å². The summed E-state index contributed by atoms with van der Waals surface area (Å²) < 4.78 is 6.59. The van der Waals surface area contributed by atoms with Crippen molar-refractivity contribution in [2.24, 2.45) is 0 Å². The van der Waals surface area contributed by atoms with Crippen LogP contribution in [0, 0.1) is 0 Å². The Morgan fingerprint density at radius 1 is 1.47 bits per heavy atom. The molecule has 1 aromatic heterocycles. The summed E-state index contributed by atoms with van der Waals surface area (Å²) in [5, 5.41) is 9.08. The van der Waals surface area contributed by atoms with Crippen LogP contribution < -0.4 is 4.90 Å². The number of nitrogens with zero attached hydrogens (tertiary/aromatic N) is 3. The summed E-state index contributed by atoms with van der Waals surface area (Å²) >= 11 is 4.90. The Morgan fingerprint density at radius 2 is 2.27 bits per heavy atom. The molecule has 4 nitrogen and oxygen atoms in total. The largest absolute Gasteiger partial charge is 0.374 e. The van der Waals surface area contributed by atoms with Gasteiger partial charge in [-0.3, -0.25) is 0 Å². The first-order chi connectivity index (χ1) is 7.07. The summed E-state index contributed by atoms with van der Waals surface area (Å²) in [5.41, 5.74) is -0.103. The van der Waals surface area contributed by atoms with E-state index in [2.05, 4.69) is 44.9 Å². The first-order valence-electron chi connectivity index (χ1n) is 4.95. The zero-order chi connectivity index (χ0) is 10.9. The second-order valence-corrected chi connectivity index (χ2v) is 6.45. The van der Waals surface area contributed by atoms with Gasteiger partial charge in [0, 0.05) is 19.7 Å². The fourth-order valence-electron chi connectivity index (χ4n) is 1.68. The van der Waals surface area contributed by atoms with Crippen molar-refractivity contribution in [2.45, 2.75) is 25.9 Å². The van der Waals surface area contributed by atoms with Gasteiger partial charge in [-0.05, 0) is 36.2 Å². The van der Waals surface area contributed by atoms with Crippen molar-refractivity contribution in [1.82, 2.24) is 10.2 Å². The smallest absolute Gasteiger partial charge is 0.209 e. The van der Waals surface area contributed by atoms with Gasteiger partial charge in [-0.1, -0.05) is 11.3 Å². The predicted octanol–water partition coefficient (Wildman–Crippen LogP) is 2.31. The van der Waals surface area contributed by atoms with Crippen molar-refractivity contribution in [3.63, 3.8) is 0 Å². The lowest BCUT2D eigenvalue weighted by Crippen LogP contribution is -2.38. The van der Waals surface area contributed by atoms with Gasteiger partial charge < -0.3 is 9.64 Å². The van der Waals surface area contributed by atoms with Gasteiger partial charge in [0.25, 0.3) is 0 Å². The highest BCUT2D eigenvalue weighted by atomic mass is 79.9. The molecule has 0 spiro atoms. The Balaban J connectivity index is 2.14. The minimum atomic E-state index is -0.103. The predicted molar refractivity (Wildman–Crippen MR) is 64.5 cm³/mol. The molecule has 15 heavy (non-hydrogen) atoms. The fraction of sp³-hybridized carbons (Fsp3) is 0.778. The quantitative estimate of drug-likeness (QED) is 0.796. The monoisotopic (exact) mass is 291 g/mol. The third-order valence-corrected chi connectivity index (χ3v) is 3.71.